The molecule has 2 aliphatic heterocycles. The summed E-state index contributed by atoms with van der Waals surface area (Å²) in [5.41, 5.74) is 0. The molecule has 134 valence electrons. The number of thiazole rings is 1. The van der Waals surface area contributed by atoms with Gasteiger partial charge in [0.15, 0.2) is 5.13 Å². The largest absolute Gasteiger partial charge is 0.468 e. The first-order chi connectivity index (χ1) is 12.3. The number of amides is 1. The van der Waals surface area contributed by atoms with Gasteiger partial charge in [-0.1, -0.05) is 0 Å². The lowest BCUT2D eigenvalue weighted by Gasteiger charge is -2.38. The summed E-state index contributed by atoms with van der Waals surface area (Å²) in [6.07, 6.45) is 5.46. The smallest absolute Gasteiger partial charge is 0.225 e. The summed E-state index contributed by atoms with van der Waals surface area (Å²) in [6.45, 7) is 6.18. The molecule has 0 radical (unpaired) electrons. The lowest BCUT2D eigenvalue weighted by Crippen LogP contribution is -2.51. The van der Waals surface area contributed by atoms with Gasteiger partial charge in [0, 0.05) is 43.7 Å². The summed E-state index contributed by atoms with van der Waals surface area (Å²) >= 11 is 1.67. The molecule has 2 aromatic heterocycles. The van der Waals surface area contributed by atoms with Crippen molar-refractivity contribution in [3.05, 3.63) is 35.7 Å². The van der Waals surface area contributed by atoms with E-state index in [0.717, 1.165) is 69.5 Å². The van der Waals surface area contributed by atoms with E-state index in [-0.39, 0.29) is 5.92 Å². The molecule has 0 atom stereocenters. The van der Waals surface area contributed by atoms with Crippen LogP contribution in [0.3, 0.4) is 0 Å². The first-order valence-electron chi connectivity index (χ1n) is 8.97. The van der Waals surface area contributed by atoms with Gasteiger partial charge in [-0.3, -0.25) is 9.69 Å². The van der Waals surface area contributed by atoms with Crippen molar-refractivity contribution in [2.75, 3.05) is 44.2 Å². The van der Waals surface area contributed by atoms with Crippen LogP contribution in [0.1, 0.15) is 18.6 Å². The van der Waals surface area contributed by atoms with Gasteiger partial charge in [-0.15, -0.1) is 11.3 Å². The Morgan fingerprint density at radius 3 is 2.64 bits per heavy atom. The van der Waals surface area contributed by atoms with Crippen LogP contribution in [0, 0.1) is 5.92 Å². The number of hydrogen-bond acceptors (Lipinski definition) is 6. The molecule has 7 heteroatoms. The highest BCUT2D eigenvalue weighted by Crippen LogP contribution is 2.23. The van der Waals surface area contributed by atoms with Gasteiger partial charge in [-0.05, 0) is 38.1 Å². The summed E-state index contributed by atoms with van der Waals surface area (Å²) in [4.78, 5) is 23.9. The Morgan fingerprint density at radius 2 is 2.00 bits per heavy atom. The summed E-state index contributed by atoms with van der Waals surface area (Å²) in [5.74, 6) is 1.53. The SMILES string of the molecule is O=C(C1CCN(Cc2ccco2)CC1)N1CCN(c2nccs2)CC1. The number of piperazine rings is 1. The van der Waals surface area contributed by atoms with E-state index < -0.39 is 0 Å². The zero-order valence-electron chi connectivity index (χ0n) is 14.3. The average Bonchev–Trinajstić information content (AvgIpc) is 3.36. The fraction of sp³-hybridized carbons (Fsp3) is 0.556. The molecule has 0 aliphatic carbocycles. The fourth-order valence-corrected chi connectivity index (χ4v) is 4.41. The van der Waals surface area contributed by atoms with Crippen molar-refractivity contribution in [3.63, 3.8) is 0 Å². The monoisotopic (exact) mass is 360 g/mol. The Labute approximate surface area is 152 Å². The molecule has 4 rings (SSSR count). The molecule has 0 N–H and O–H groups in total. The summed E-state index contributed by atoms with van der Waals surface area (Å²) < 4.78 is 5.42. The second-order valence-corrected chi connectivity index (χ2v) is 7.63. The molecule has 0 saturated carbocycles. The number of nitrogens with zero attached hydrogens (tertiary/aromatic N) is 4. The number of carbonyl (C=O) groups excluding carboxylic acids is 1. The molecule has 2 aromatic rings. The van der Waals surface area contributed by atoms with Crippen LogP contribution in [-0.2, 0) is 11.3 Å². The molecule has 6 nitrogen and oxygen atoms in total. The number of rotatable bonds is 4. The van der Waals surface area contributed by atoms with Crippen LogP contribution in [-0.4, -0.2) is 60.0 Å². The molecule has 1 amide bonds. The molecule has 0 spiro atoms. The van der Waals surface area contributed by atoms with Gasteiger partial charge in [0.25, 0.3) is 0 Å². The quantitative estimate of drug-likeness (QED) is 0.837. The van der Waals surface area contributed by atoms with Crippen molar-refractivity contribution in [1.82, 2.24) is 14.8 Å². The average molecular weight is 360 g/mol. The molecule has 25 heavy (non-hydrogen) atoms. The third-order valence-corrected chi connectivity index (χ3v) is 6.01. The number of aromatic nitrogens is 1. The standard InChI is InChI=1S/C18H24N4O2S/c23-17(21-8-10-22(11-9-21)18-19-5-13-25-18)15-3-6-20(7-4-15)14-16-2-1-12-24-16/h1-2,5,12-13,15H,3-4,6-11,14H2. The maximum Gasteiger partial charge on any atom is 0.225 e. The third kappa shape index (κ3) is 3.88. The van der Waals surface area contributed by atoms with Crippen LogP contribution in [0.2, 0.25) is 0 Å². The topological polar surface area (TPSA) is 52.8 Å². The molecular weight excluding hydrogens is 336 g/mol. The number of piperidine rings is 1. The second kappa shape index (κ2) is 7.58. The molecule has 0 aromatic carbocycles. The number of hydrogen-bond donors (Lipinski definition) is 0. The van der Waals surface area contributed by atoms with Crippen LogP contribution >= 0.6 is 11.3 Å². The van der Waals surface area contributed by atoms with E-state index in [0.29, 0.717) is 5.91 Å². The highest BCUT2D eigenvalue weighted by Gasteiger charge is 2.30. The van der Waals surface area contributed by atoms with E-state index in [1.165, 1.54) is 0 Å². The predicted molar refractivity (Wildman–Crippen MR) is 97.6 cm³/mol. The van der Waals surface area contributed by atoms with E-state index in [1.807, 2.05) is 23.7 Å². The maximum atomic E-state index is 12.8. The molecule has 0 unspecified atom stereocenters. The maximum absolute atomic E-state index is 12.8. The van der Waals surface area contributed by atoms with E-state index in [1.54, 1.807) is 17.6 Å². The van der Waals surface area contributed by atoms with Gasteiger partial charge < -0.3 is 14.2 Å². The zero-order valence-corrected chi connectivity index (χ0v) is 15.2. The van der Waals surface area contributed by atoms with Crippen LogP contribution in [0.25, 0.3) is 0 Å². The van der Waals surface area contributed by atoms with Gasteiger partial charge in [-0.25, -0.2) is 4.98 Å². The Hall–Kier alpha value is -1.86. The van der Waals surface area contributed by atoms with E-state index in [2.05, 4.69) is 19.7 Å². The van der Waals surface area contributed by atoms with Gasteiger partial charge in [0.1, 0.15) is 5.76 Å². The van der Waals surface area contributed by atoms with Gasteiger partial charge in [0.2, 0.25) is 5.91 Å². The number of carbonyl (C=O) groups is 1. The van der Waals surface area contributed by atoms with E-state index in [9.17, 15) is 4.79 Å². The van der Waals surface area contributed by atoms with Crippen LogP contribution < -0.4 is 4.90 Å². The van der Waals surface area contributed by atoms with Gasteiger partial charge >= 0.3 is 0 Å². The molecule has 2 aliphatic rings. The molecule has 4 heterocycles. The first kappa shape index (κ1) is 16.6. The van der Waals surface area contributed by atoms with E-state index in [4.69, 9.17) is 4.42 Å². The molecule has 0 bridgehead atoms. The Morgan fingerprint density at radius 1 is 1.20 bits per heavy atom. The lowest BCUT2D eigenvalue weighted by molar-refractivity contribution is -0.137. The molecule has 2 fully saturated rings. The summed E-state index contributed by atoms with van der Waals surface area (Å²) in [5, 5.41) is 3.07. The summed E-state index contributed by atoms with van der Waals surface area (Å²) in [6, 6.07) is 3.94. The van der Waals surface area contributed by atoms with Crippen molar-refractivity contribution < 1.29 is 9.21 Å². The normalized spacial score (nSPS) is 20.2. The molecule has 2 saturated heterocycles. The Bertz CT molecular complexity index is 657. The van der Waals surface area contributed by atoms with Crippen LogP contribution in [0.4, 0.5) is 5.13 Å². The minimum atomic E-state index is 0.180. The highest BCUT2D eigenvalue weighted by molar-refractivity contribution is 7.13. The Balaban J connectivity index is 1.24. The second-order valence-electron chi connectivity index (χ2n) is 6.76. The zero-order chi connectivity index (χ0) is 17.1. The van der Waals surface area contributed by atoms with Crippen molar-refractivity contribution in [2.45, 2.75) is 19.4 Å². The number of anilines is 1. The van der Waals surface area contributed by atoms with E-state index >= 15 is 0 Å². The lowest BCUT2D eigenvalue weighted by atomic mass is 9.95. The van der Waals surface area contributed by atoms with Gasteiger partial charge in [0.05, 0.1) is 12.8 Å². The predicted octanol–water partition coefficient (Wildman–Crippen LogP) is 2.30. The Kier molecular flexibility index (Phi) is 5.03. The van der Waals surface area contributed by atoms with Crippen LogP contribution in [0.15, 0.2) is 34.4 Å². The molecular formula is C18H24N4O2S. The first-order valence-corrected chi connectivity index (χ1v) is 9.85. The minimum Gasteiger partial charge on any atom is -0.468 e. The van der Waals surface area contributed by atoms with Crippen molar-refractivity contribution >= 4 is 22.4 Å². The summed E-state index contributed by atoms with van der Waals surface area (Å²) in [7, 11) is 0. The highest BCUT2D eigenvalue weighted by atomic mass is 32.1. The fourth-order valence-electron chi connectivity index (χ4n) is 3.71. The number of likely N-dealkylation sites (tertiary alicyclic amines) is 1. The minimum absolute atomic E-state index is 0.180. The third-order valence-electron chi connectivity index (χ3n) is 5.18. The number of furan rings is 1. The van der Waals surface area contributed by atoms with Crippen LogP contribution in [0.5, 0.6) is 0 Å². The van der Waals surface area contributed by atoms with Crippen molar-refractivity contribution in [2.24, 2.45) is 5.92 Å². The van der Waals surface area contributed by atoms with Crippen molar-refractivity contribution in [1.29, 1.82) is 0 Å². The van der Waals surface area contributed by atoms with Crippen molar-refractivity contribution in [3.8, 4) is 0 Å². The van der Waals surface area contributed by atoms with Gasteiger partial charge in [-0.2, -0.15) is 0 Å².